The van der Waals surface area contributed by atoms with Gasteiger partial charge in [-0.2, -0.15) is 0 Å². The third kappa shape index (κ3) is 3.74. The highest BCUT2D eigenvalue weighted by atomic mass is 35.5. The Balaban J connectivity index is 0.00000161. The Labute approximate surface area is 138 Å². The van der Waals surface area contributed by atoms with Crippen LogP contribution in [-0.4, -0.2) is 29.4 Å². The third-order valence-corrected chi connectivity index (χ3v) is 4.46. The molecule has 0 bridgehead atoms. The largest absolute Gasteiger partial charge is 0.301 e. The van der Waals surface area contributed by atoms with E-state index in [1.165, 1.54) is 4.88 Å². The molecule has 0 fully saturated rings. The number of hydrogen-bond acceptors (Lipinski definition) is 4. The molecule has 0 saturated carbocycles. The molecule has 0 radical (unpaired) electrons. The van der Waals surface area contributed by atoms with Crippen LogP contribution in [-0.2, 0) is 13.0 Å². The molecule has 3 rings (SSSR count). The lowest BCUT2D eigenvalue weighted by molar-refractivity contribution is 0.102. The molecule has 112 valence electrons. The predicted octanol–water partition coefficient (Wildman–Crippen LogP) is 3.46. The van der Waals surface area contributed by atoms with E-state index in [0.29, 0.717) is 15.7 Å². The monoisotopic (exact) mass is 343 g/mol. The van der Waals surface area contributed by atoms with Gasteiger partial charge in [-0.05, 0) is 25.2 Å². The number of carbonyl (C=O) groups is 1. The van der Waals surface area contributed by atoms with E-state index in [4.69, 9.17) is 11.6 Å². The number of rotatable bonds is 2. The first kappa shape index (κ1) is 16.2. The number of halogens is 2. The van der Waals surface area contributed by atoms with Crippen molar-refractivity contribution in [1.82, 2.24) is 9.88 Å². The SMILES string of the molecule is CN1CCc2nc(NC(=O)c3cccc(Cl)c3)sc2C1.Cl. The number of hydrogen-bond donors (Lipinski definition) is 1. The molecule has 2 heterocycles. The molecule has 1 aromatic heterocycles. The lowest BCUT2D eigenvalue weighted by atomic mass is 10.2. The molecule has 1 aliphatic rings. The van der Waals surface area contributed by atoms with Gasteiger partial charge in [0.25, 0.3) is 5.91 Å². The first-order valence-electron chi connectivity index (χ1n) is 6.36. The van der Waals surface area contributed by atoms with E-state index in [2.05, 4.69) is 22.2 Å². The summed E-state index contributed by atoms with van der Waals surface area (Å²) in [6.45, 7) is 1.92. The van der Waals surface area contributed by atoms with Gasteiger partial charge in [0.15, 0.2) is 5.13 Å². The predicted molar refractivity (Wildman–Crippen MR) is 88.8 cm³/mol. The maximum atomic E-state index is 12.1. The summed E-state index contributed by atoms with van der Waals surface area (Å²) < 4.78 is 0. The molecule has 0 saturated heterocycles. The molecule has 4 nitrogen and oxygen atoms in total. The van der Waals surface area contributed by atoms with E-state index in [-0.39, 0.29) is 18.3 Å². The van der Waals surface area contributed by atoms with E-state index >= 15 is 0 Å². The summed E-state index contributed by atoms with van der Waals surface area (Å²) >= 11 is 7.44. The van der Waals surface area contributed by atoms with Crippen LogP contribution < -0.4 is 5.32 Å². The first-order chi connectivity index (χ1) is 9.61. The zero-order valence-corrected chi connectivity index (χ0v) is 13.8. The van der Waals surface area contributed by atoms with Crippen molar-refractivity contribution in [2.24, 2.45) is 0 Å². The molecule has 1 N–H and O–H groups in total. The number of likely N-dealkylation sites (N-methyl/N-ethyl adjacent to an activating group) is 1. The van der Waals surface area contributed by atoms with Crippen LogP contribution in [0.2, 0.25) is 5.02 Å². The fourth-order valence-electron chi connectivity index (χ4n) is 2.18. The zero-order chi connectivity index (χ0) is 14.1. The van der Waals surface area contributed by atoms with Crippen LogP contribution in [0.3, 0.4) is 0 Å². The van der Waals surface area contributed by atoms with Crippen LogP contribution in [0.4, 0.5) is 5.13 Å². The fraction of sp³-hybridized carbons (Fsp3) is 0.286. The van der Waals surface area contributed by atoms with Gasteiger partial charge in [-0.15, -0.1) is 23.7 Å². The van der Waals surface area contributed by atoms with Crippen LogP contribution in [0.25, 0.3) is 0 Å². The molecule has 2 aromatic rings. The van der Waals surface area contributed by atoms with Crippen LogP contribution in [0.15, 0.2) is 24.3 Å². The Hall–Kier alpha value is -1.14. The van der Waals surface area contributed by atoms with E-state index in [9.17, 15) is 4.79 Å². The average Bonchev–Trinajstić information content (AvgIpc) is 2.80. The molecular formula is C14H15Cl2N3OS. The van der Waals surface area contributed by atoms with Crippen LogP contribution in [0.1, 0.15) is 20.9 Å². The highest BCUT2D eigenvalue weighted by Gasteiger charge is 2.19. The molecule has 0 spiro atoms. The number of nitrogens with zero attached hydrogens (tertiary/aromatic N) is 2. The van der Waals surface area contributed by atoms with Crippen LogP contribution in [0.5, 0.6) is 0 Å². The Morgan fingerprint density at radius 2 is 2.29 bits per heavy atom. The molecule has 1 amide bonds. The van der Waals surface area contributed by atoms with Crippen molar-refractivity contribution >= 4 is 46.4 Å². The van der Waals surface area contributed by atoms with Crippen LogP contribution >= 0.6 is 35.3 Å². The smallest absolute Gasteiger partial charge is 0.257 e. The summed E-state index contributed by atoms with van der Waals surface area (Å²) in [5.74, 6) is -0.174. The van der Waals surface area contributed by atoms with Crippen molar-refractivity contribution < 1.29 is 4.79 Å². The summed E-state index contributed by atoms with van der Waals surface area (Å²) in [5.41, 5.74) is 1.65. The van der Waals surface area contributed by atoms with Gasteiger partial charge < -0.3 is 4.90 Å². The van der Waals surface area contributed by atoms with Gasteiger partial charge in [-0.1, -0.05) is 17.7 Å². The van der Waals surface area contributed by atoms with Gasteiger partial charge >= 0.3 is 0 Å². The van der Waals surface area contributed by atoms with Crippen molar-refractivity contribution in [3.8, 4) is 0 Å². The van der Waals surface area contributed by atoms with E-state index in [0.717, 1.165) is 25.2 Å². The van der Waals surface area contributed by atoms with E-state index in [1.54, 1.807) is 35.6 Å². The fourth-order valence-corrected chi connectivity index (χ4v) is 3.45. The second kappa shape index (κ2) is 6.75. The minimum Gasteiger partial charge on any atom is -0.301 e. The van der Waals surface area contributed by atoms with Crippen molar-refractivity contribution in [2.75, 3.05) is 18.9 Å². The van der Waals surface area contributed by atoms with Gasteiger partial charge in [0.05, 0.1) is 5.69 Å². The molecule has 0 unspecified atom stereocenters. The minimum absolute atomic E-state index is 0. The minimum atomic E-state index is -0.174. The Morgan fingerprint density at radius 1 is 1.48 bits per heavy atom. The molecule has 1 aliphatic heterocycles. The van der Waals surface area contributed by atoms with Crippen LogP contribution in [0, 0.1) is 0 Å². The Bertz CT molecular complexity index is 659. The number of fused-ring (bicyclic) bond motifs is 1. The molecule has 7 heteroatoms. The first-order valence-corrected chi connectivity index (χ1v) is 7.55. The van der Waals surface area contributed by atoms with Crippen molar-refractivity contribution in [2.45, 2.75) is 13.0 Å². The van der Waals surface area contributed by atoms with E-state index < -0.39 is 0 Å². The van der Waals surface area contributed by atoms with Crippen molar-refractivity contribution in [3.05, 3.63) is 45.4 Å². The number of aromatic nitrogens is 1. The molecular weight excluding hydrogens is 329 g/mol. The van der Waals surface area contributed by atoms with Gasteiger partial charge in [-0.25, -0.2) is 4.98 Å². The highest BCUT2D eigenvalue weighted by molar-refractivity contribution is 7.15. The molecule has 1 aromatic carbocycles. The maximum Gasteiger partial charge on any atom is 0.257 e. The van der Waals surface area contributed by atoms with Gasteiger partial charge in [0.2, 0.25) is 0 Å². The lowest BCUT2D eigenvalue weighted by Crippen LogP contribution is -2.25. The second-order valence-electron chi connectivity index (χ2n) is 4.84. The highest BCUT2D eigenvalue weighted by Crippen LogP contribution is 2.28. The number of thiazole rings is 1. The summed E-state index contributed by atoms with van der Waals surface area (Å²) in [5, 5.41) is 4.06. The average molecular weight is 344 g/mol. The molecule has 0 atom stereocenters. The van der Waals surface area contributed by atoms with Crippen molar-refractivity contribution in [1.29, 1.82) is 0 Å². The third-order valence-electron chi connectivity index (χ3n) is 3.23. The topological polar surface area (TPSA) is 45.2 Å². The second-order valence-corrected chi connectivity index (χ2v) is 6.36. The molecule has 0 aliphatic carbocycles. The Morgan fingerprint density at radius 3 is 3.05 bits per heavy atom. The quantitative estimate of drug-likeness (QED) is 0.908. The normalized spacial score (nSPS) is 14.2. The lowest BCUT2D eigenvalue weighted by Gasteiger charge is -2.20. The van der Waals surface area contributed by atoms with E-state index in [1.807, 2.05) is 0 Å². The summed E-state index contributed by atoms with van der Waals surface area (Å²) in [6.07, 6.45) is 0.940. The van der Waals surface area contributed by atoms with Crippen molar-refractivity contribution in [3.63, 3.8) is 0 Å². The summed E-state index contributed by atoms with van der Waals surface area (Å²) in [6, 6.07) is 6.90. The standard InChI is InChI=1S/C14H14ClN3OS.ClH/c1-18-6-5-11-12(8-18)20-14(16-11)17-13(19)9-3-2-4-10(15)7-9;/h2-4,7H,5-6,8H2,1H3,(H,16,17,19);1H. The number of nitrogens with one attached hydrogen (secondary N) is 1. The zero-order valence-electron chi connectivity index (χ0n) is 11.4. The summed E-state index contributed by atoms with van der Waals surface area (Å²) in [4.78, 5) is 20.1. The van der Waals surface area contributed by atoms with Gasteiger partial charge in [0, 0.05) is 35.0 Å². The maximum absolute atomic E-state index is 12.1. The number of amides is 1. The number of benzene rings is 1. The number of anilines is 1. The summed E-state index contributed by atoms with van der Waals surface area (Å²) in [7, 11) is 2.09. The Kier molecular flexibility index (Phi) is 5.22. The number of carbonyl (C=O) groups excluding carboxylic acids is 1. The molecule has 21 heavy (non-hydrogen) atoms. The van der Waals surface area contributed by atoms with Gasteiger partial charge in [-0.3, -0.25) is 10.1 Å². The van der Waals surface area contributed by atoms with Gasteiger partial charge in [0.1, 0.15) is 0 Å².